The molecule has 0 bridgehead atoms. The van der Waals surface area contributed by atoms with Gasteiger partial charge in [0.25, 0.3) is 5.91 Å². The van der Waals surface area contributed by atoms with Crippen LogP contribution in [0.2, 0.25) is 0 Å². The normalized spacial score (nSPS) is 12.1. The average molecular weight is 297 g/mol. The van der Waals surface area contributed by atoms with Gasteiger partial charge >= 0.3 is 0 Å². The van der Waals surface area contributed by atoms with Crippen molar-refractivity contribution in [2.45, 2.75) is 26.4 Å². The monoisotopic (exact) mass is 297 g/mol. The number of carbonyl (C=O) groups excluding carboxylic acids is 1. The first-order valence-corrected chi connectivity index (χ1v) is 7.19. The number of hydrogen-bond acceptors (Lipinski definition) is 4. The molecule has 0 fully saturated rings. The summed E-state index contributed by atoms with van der Waals surface area (Å²) in [5, 5.41) is 3.98. The van der Waals surface area contributed by atoms with Gasteiger partial charge in [-0.1, -0.05) is 19.1 Å². The molecular formula is C17H19N3O2. The molecule has 2 aromatic rings. The Morgan fingerprint density at radius 3 is 2.91 bits per heavy atom. The van der Waals surface area contributed by atoms with Gasteiger partial charge in [-0.15, -0.1) is 0 Å². The number of pyridine rings is 1. The van der Waals surface area contributed by atoms with E-state index < -0.39 is 0 Å². The fourth-order valence-corrected chi connectivity index (χ4v) is 1.72. The van der Waals surface area contributed by atoms with Gasteiger partial charge in [0.05, 0.1) is 17.9 Å². The SMILES string of the molecule is CC[C@@H](C)Oc1ccccc1/C=N\NC(=O)c1cccnc1. The van der Waals surface area contributed by atoms with Crippen LogP contribution in [0, 0.1) is 0 Å². The third-order valence-electron chi connectivity index (χ3n) is 3.12. The molecule has 1 amide bonds. The minimum absolute atomic E-state index is 0.125. The molecule has 5 nitrogen and oxygen atoms in total. The fourth-order valence-electron chi connectivity index (χ4n) is 1.72. The third kappa shape index (κ3) is 4.41. The van der Waals surface area contributed by atoms with E-state index in [1.807, 2.05) is 31.2 Å². The quantitative estimate of drug-likeness (QED) is 0.658. The molecule has 0 saturated carbocycles. The lowest BCUT2D eigenvalue weighted by Crippen LogP contribution is -2.17. The number of rotatable bonds is 6. The first-order valence-electron chi connectivity index (χ1n) is 7.19. The van der Waals surface area contributed by atoms with Crippen LogP contribution in [-0.2, 0) is 0 Å². The Bertz CT molecular complexity index is 641. The lowest BCUT2D eigenvalue weighted by atomic mass is 10.2. The molecule has 0 unspecified atom stereocenters. The summed E-state index contributed by atoms with van der Waals surface area (Å²) in [6, 6.07) is 11.0. The van der Waals surface area contributed by atoms with Crippen LogP contribution in [0.3, 0.4) is 0 Å². The maximum Gasteiger partial charge on any atom is 0.272 e. The highest BCUT2D eigenvalue weighted by atomic mass is 16.5. The predicted molar refractivity (Wildman–Crippen MR) is 86.1 cm³/mol. The number of ether oxygens (including phenoxy) is 1. The summed E-state index contributed by atoms with van der Waals surface area (Å²) >= 11 is 0. The van der Waals surface area contributed by atoms with Crippen LogP contribution < -0.4 is 10.2 Å². The predicted octanol–water partition coefficient (Wildman–Crippen LogP) is 3.02. The fraction of sp³-hybridized carbons (Fsp3) is 0.235. The van der Waals surface area contributed by atoms with E-state index in [4.69, 9.17) is 4.74 Å². The summed E-state index contributed by atoms with van der Waals surface area (Å²) < 4.78 is 5.82. The summed E-state index contributed by atoms with van der Waals surface area (Å²) in [5.41, 5.74) is 3.75. The topological polar surface area (TPSA) is 63.6 Å². The van der Waals surface area contributed by atoms with Gasteiger partial charge in [0.2, 0.25) is 0 Å². The van der Waals surface area contributed by atoms with Crippen molar-refractivity contribution in [3.8, 4) is 5.75 Å². The molecule has 0 saturated heterocycles. The molecule has 0 aliphatic carbocycles. The van der Waals surface area contributed by atoms with Crippen molar-refractivity contribution in [2.75, 3.05) is 0 Å². The molecule has 1 atom stereocenters. The third-order valence-corrected chi connectivity index (χ3v) is 3.12. The van der Waals surface area contributed by atoms with E-state index in [-0.39, 0.29) is 12.0 Å². The summed E-state index contributed by atoms with van der Waals surface area (Å²) in [6.45, 7) is 4.08. The van der Waals surface area contributed by atoms with Gasteiger partial charge in [-0.3, -0.25) is 9.78 Å². The van der Waals surface area contributed by atoms with E-state index in [2.05, 4.69) is 22.4 Å². The Labute approximate surface area is 130 Å². The molecular weight excluding hydrogens is 278 g/mol. The minimum atomic E-state index is -0.301. The van der Waals surface area contributed by atoms with E-state index >= 15 is 0 Å². The Morgan fingerprint density at radius 1 is 1.36 bits per heavy atom. The van der Waals surface area contributed by atoms with Gasteiger partial charge < -0.3 is 4.74 Å². The number of hydrogen-bond donors (Lipinski definition) is 1. The van der Waals surface area contributed by atoms with Gasteiger partial charge in [0.1, 0.15) is 5.75 Å². The van der Waals surface area contributed by atoms with Crippen molar-refractivity contribution in [3.05, 3.63) is 59.9 Å². The zero-order valence-electron chi connectivity index (χ0n) is 12.7. The number of nitrogens with one attached hydrogen (secondary N) is 1. The molecule has 1 N–H and O–H groups in total. The molecule has 0 aliphatic heterocycles. The van der Waals surface area contributed by atoms with Gasteiger partial charge in [-0.2, -0.15) is 5.10 Å². The van der Waals surface area contributed by atoms with Crippen LogP contribution in [-0.4, -0.2) is 23.2 Å². The van der Waals surface area contributed by atoms with Crippen LogP contribution in [0.25, 0.3) is 0 Å². The molecule has 22 heavy (non-hydrogen) atoms. The number of aromatic nitrogens is 1. The molecule has 1 aromatic heterocycles. The Hall–Kier alpha value is -2.69. The number of nitrogens with zero attached hydrogens (tertiary/aromatic N) is 2. The van der Waals surface area contributed by atoms with Crippen LogP contribution in [0.15, 0.2) is 53.9 Å². The van der Waals surface area contributed by atoms with Crippen LogP contribution in [0.4, 0.5) is 0 Å². The molecule has 0 spiro atoms. The van der Waals surface area contributed by atoms with Gasteiger partial charge in [0.15, 0.2) is 0 Å². The van der Waals surface area contributed by atoms with E-state index in [1.165, 1.54) is 6.20 Å². The molecule has 0 aliphatic rings. The van der Waals surface area contributed by atoms with Crippen LogP contribution >= 0.6 is 0 Å². The summed E-state index contributed by atoms with van der Waals surface area (Å²) in [7, 11) is 0. The van der Waals surface area contributed by atoms with Crippen LogP contribution in [0.1, 0.15) is 36.2 Å². The number of benzene rings is 1. The van der Waals surface area contributed by atoms with Gasteiger partial charge in [-0.25, -0.2) is 5.43 Å². The summed E-state index contributed by atoms with van der Waals surface area (Å²) in [4.78, 5) is 15.7. The second kappa shape index (κ2) is 7.93. The maximum absolute atomic E-state index is 11.8. The standard InChI is InChI=1S/C17H19N3O2/c1-3-13(2)22-16-9-5-4-7-14(16)12-19-20-17(21)15-8-6-10-18-11-15/h4-13H,3H2,1-2H3,(H,20,21)/b19-12-/t13-/m1/s1. The molecule has 5 heteroatoms. The van der Waals surface area contributed by atoms with Crippen molar-refractivity contribution in [1.29, 1.82) is 0 Å². The highest BCUT2D eigenvalue weighted by Crippen LogP contribution is 2.18. The second-order valence-electron chi connectivity index (χ2n) is 4.82. The zero-order chi connectivity index (χ0) is 15.8. The number of carbonyl (C=O) groups is 1. The minimum Gasteiger partial charge on any atom is -0.490 e. The smallest absolute Gasteiger partial charge is 0.272 e. The number of hydrazone groups is 1. The molecule has 114 valence electrons. The number of para-hydroxylation sites is 1. The Morgan fingerprint density at radius 2 is 2.18 bits per heavy atom. The highest BCUT2D eigenvalue weighted by molar-refractivity contribution is 5.94. The summed E-state index contributed by atoms with van der Waals surface area (Å²) in [5.74, 6) is 0.445. The van der Waals surface area contributed by atoms with E-state index in [0.29, 0.717) is 5.56 Å². The molecule has 2 rings (SSSR count). The molecule has 1 aromatic carbocycles. The molecule has 0 radical (unpaired) electrons. The van der Waals surface area contributed by atoms with Gasteiger partial charge in [0, 0.05) is 18.0 Å². The van der Waals surface area contributed by atoms with Crippen molar-refractivity contribution in [3.63, 3.8) is 0 Å². The highest BCUT2D eigenvalue weighted by Gasteiger charge is 2.06. The largest absolute Gasteiger partial charge is 0.490 e. The first-order chi connectivity index (χ1) is 10.7. The van der Waals surface area contributed by atoms with Crippen LogP contribution in [0.5, 0.6) is 5.75 Å². The lowest BCUT2D eigenvalue weighted by Gasteiger charge is -2.14. The lowest BCUT2D eigenvalue weighted by molar-refractivity contribution is 0.0954. The van der Waals surface area contributed by atoms with Crippen molar-refractivity contribution in [2.24, 2.45) is 5.10 Å². The zero-order valence-corrected chi connectivity index (χ0v) is 12.7. The maximum atomic E-state index is 11.8. The Balaban J connectivity index is 2.03. The average Bonchev–Trinajstić information content (AvgIpc) is 2.57. The van der Waals surface area contributed by atoms with Crippen molar-refractivity contribution in [1.82, 2.24) is 10.4 Å². The first kappa shape index (κ1) is 15.7. The Kier molecular flexibility index (Phi) is 5.65. The van der Waals surface area contributed by atoms with E-state index in [0.717, 1.165) is 17.7 Å². The second-order valence-corrected chi connectivity index (χ2v) is 4.82. The molecule has 1 heterocycles. The van der Waals surface area contributed by atoms with Crippen molar-refractivity contribution < 1.29 is 9.53 Å². The van der Waals surface area contributed by atoms with Gasteiger partial charge in [-0.05, 0) is 37.6 Å². The summed E-state index contributed by atoms with van der Waals surface area (Å²) in [6.07, 6.45) is 5.72. The van der Waals surface area contributed by atoms with E-state index in [1.54, 1.807) is 24.5 Å². The van der Waals surface area contributed by atoms with Crippen molar-refractivity contribution >= 4 is 12.1 Å². The van der Waals surface area contributed by atoms with E-state index in [9.17, 15) is 4.79 Å². The number of amides is 1.